The van der Waals surface area contributed by atoms with Crippen molar-refractivity contribution < 1.29 is 14.7 Å². The predicted octanol–water partition coefficient (Wildman–Crippen LogP) is 4.59. The second kappa shape index (κ2) is 8.99. The lowest BCUT2D eigenvalue weighted by Gasteiger charge is -2.17. The van der Waals surface area contributed by atoms with Crippen molar-refractivity contribution in [2.24, 2.45) is 0 Å². The number of carboxylic acids is 1. The molecule has 0 aliphatic carbocycles. The number of halogens is 1. The Bertz CT molecular complexity index is 985. The average molecular weight is 415 g/mol. The minimum absolute atomic E-state index is 0.153. The van der Waals surface area contributed by atoms with Crippen molar-refractivity contribution >= 4 is 34.8 Å². The smallest absolute Gasteiger partial charge is 0.305 e. The third kappa shape index (κ3) is 5.41. The number of carbonyl (C=O) groups excluding carboxylic acids is 1. The van der Waals surface area contributed by atoms with E-state index in [-0.39, 0.29) is 12.3 Å². The predicted molar refractivity (Wildman–Crippen MR) is 111 cm³/mol. The van der Waals surface area contributed by atoms with Gasteiger partial charge >= 0.3 is 5.97 Å². The number of carboxylic acid groups (broad SMARTS) is 1. The summed E-state index contributed by atoms with van der Waals surface area (Å²) in [4.78, 5) is 28.1. The second-order valence-electron chi connectivity index (χ2n) is 6.42. The number of hydrogen-bond donors (Lipinski definition) is 2. The highest BCUT2D eigenvalue weighted by Crippen LogP contribution is 2.23. The van der Waals surface area contributed by atoms with Crippen LogP contribution in [-0.2, 0) is 11.2 Å². The number of aliphatic carboxylic acids is 1. The van der Waals surface area contributed by atoms with Crippen LogP contribution in [0.5, 0.6) is 0 Å². The normalized spacial score (nSPS) is 11.8. The van der Waals surface area contributed by atoms with Crippen LogP contribution >= 0.6 is 22.9 Å². The van der Waals surface area contributed by atoms with Crippen LogP contribution in [0.15, 0.2) is 54.7 Å². The van der Waals surface area contributed by atoms with Gasteiger partial charge in [0.1, 0.15) is 4.88 Å². The van der Waals surface area contributed by atoms with E-state index in [1.165, 1.54) is 17.5 Å². The van der Waals surface area contributed by atoms with Gasteiger partial charge < -0.3 is 10.4 Å². The molecule has 0 saturated carbocycles. The molecule has 0 saturated heterocycles. The number of aryl methyl sites for hydroxylation is 1. The van der Waals surface area contributed by atoms with Crippen molar-refractivity contribution in [3.63, 3.8) is 0 Å². The summed E-state index contributed by atoms with van der Waals surface area (Å²) in [6.45, 7) is 1.82. The highest BCUT2D eigenvalue weighted by molar-refractivity contribution is 7.13. The van der Waals surface area contributed by atoms with Crippen LogP contribution in [0.25, 0.3) is 11.1 Å². The molecule has 0 spiro atoms. The molecule has 1 atom stereocenters. The zero-order chi connectivity index (χ0) is 20.1. The maximum atomic E-state index is 12.4. The zero-order valence-electron chi connectivity index (χ0n) is 15.2. The molecule has 5 nitrogen and oxygen atoms in total. The molecule has 3 aromatic rings. The quantitative estimate of drug-likeness (QED) is 0.592. The first-order valence-corrected chi connectivity index (χ1v) is 9.90. The van der Waals surface area contributed by atoms with Crippen LogP contribution in [0.3, 0.4) is 0 Å². The Kier molecular flexibility index (Phi) is 6.44. The molecule has 1 amide bonds. The Morgan fingerprint density at radius 3 is 2.54 bits per heavy atom. The number of thiazole rings is 1. The number of rotatable bonds is 7. The summed E-state index contributed by atoms with van der Waals surface area (Å²) in [6.07, 6.45) is 1.78. The van der Waals surface area contributed by atoms with E-state index in [2.05, 4.69) is 10.3 Å². The summed E-state index contributed by atoms with van der Waals surface area (Å²) in [5.41, 5.74) is 2.97. The fourth-order valence-electron chi connectivity index (χ4n) is 2.89. The van der Waals surface area contributed by atoms with Crippen molar-refractivity contribution in [1.29, 1.82) is 0 Å². The second-order valence-corrected chi connectivity index (χ2v) is 8.09. The number of benzene rings is 2. The summed E-state index contributed by atoms with van der Waals surface area (Å²) >= 11 is 7.33. The van der Waals surface area contributed by atoms with Gasteiger partial charge in [-0.15, -0.1) is 11.3 Å². The van der Waals surface area contributed by atoms with Gasteiger partial charge in [-0.25, -0.2) is 4.98 Å². The highest BCUT2D eigenvalue weighted by Gasteiger charge is 2.19. The maximum Gasteiger partial charge on any atom is 0.305 e. The molecule has 0 fully saturated rings. The summed E-state index contributed by atoms with van der Waals surface area (Å²) < 4.78 is 0. The van der Waals surface area contributed by atoms with Gasteiger partial charge in [0.2, 0.25) is 0 Å². The highest BCUT2D eigenvalue weighted by atomic mass is 35.5. The summed E-state index contributed by atoms with van der Waals surface area (Å²) in [6, 6.07) is 14.9. The van der Waals surface area contributed by atoms with E-state index in [0.717, 1.165) is 21.7 Å². The van der Waals surface area contributed by atoms with E-state index >= 15 is 0 Å². The van der Waals surface area contributed by atoms with Crippen molar-refractivity contribution in [2.75, 3.05) is 0 Å². The van der Waals surface area contributed by atoms with Crippen LogP contribution in [0.1, 0.15) is 26.7 Å². The Balaban J connectivity index is 1.71. The average Bonchev–Trinajstić information content (AvgIpc) is 3.08. The van der Waals surface area contributed by atoms with Crippen LogP contribution in [0, 0.1) is 6.92 Å². The molecule has 0 aliphatic rings. The van der Waals surface area contributed by atoms with Crippen LogP contribution in [0.4, 0.5) is 0 Å². The van der Waals surface area contributed by atoms with E-state index in [1.54, 1.807) is 0 Å². The number of carbonyl (C=O) groups is 2. The molecule has 0 bridgehead atoms. The Morgan fingerprint density at radius 1 is 1.18 bits per heavy atom. The molecule has 0 radical (unpaired) electrons. The Hall–Kier alpha value is -2.70. The molecule has 7 heteroatoms. The topological polar surface area (TPSA) is 79.3 Å². The van der Waals surface area contributed by atoms with E-state index in [9.17, 15) is 14.7 Å². The van der Waals surface area contributed by atoms with Gasteiger partial charge in [-0.3, -0.25) is 9.59 Å². The van der Waals surface area contributed by atoms with Crippen molar-refractivity contribution in [2.45, 2.75) is 25.8 Å². The molecule has 28 heavy (non-hydrogen) atoms. The first-order valence-electron chi connectivity index (χ1n) is 8.70. The van der Waals surface area contributed by atoms with Crippen molar-refractivity contribution in [3.8, 4) is 11.1 Å². The summed E-state index contributed by atoms with van der Waals surface area (Å²) in [7, 11) is 0. The molecular weight excluding hydrogens is 396 g/mol. The fraction of sp³-hybridized carbons (Fsp3) is 0.190. The van der Waals surface area contributed by atoms with Crippen molar-refractivity contribution in [3.05, 3.63) is 75.2 Å². The minimum Gasteiger partial charge on any atom is -0.481 e. The van der Waals surface area contributed by atoms with Crippen LogP contribution in [0.2, 0.25) is 5.02 Å². The van der Waals surface area contributed by atoms with E-state index in [1.807, 2.05) is 55.5 Å². The third-order valence-electron chi connectivity index (χ3n) is 4.20. The number of aromatic nitrogens is 1. The molecule has 3 rings (SSSR count). The number of hydrogen-bond acceptors (Lipinski definition) is 4. The Morgan fingerprint density at radius 2 is 1.93 bits per heavy atom. The molecular formula is C21H19ClN2O3S. The third-order valence-corrected chi connectivity index (χ3v) is 5.34. The number of nitrogens with zero attached hydrogens (tertiary/aromatic N) is 1. The molecule has 2 aromatic carbocycles. The van der Waals surface area contributed by atoms with E-state index < -0.39 is 12.0 Å². The Labute approximate surface area is 172 Å². The van der Waals surface area contributed by atoms with Gasteiger partial charge in [0.05, 0.1) is 17.6 Å². The lowest BCUT2D eigenvalue weighted by molar-refractivity contribution is -0.137. The maximum absolute atomic E-state index is 12.4. The minimum atomic E-state index is -0.957. The lowest BCUT2D eigenvalue weighted by atomic mass is 9.99. The molecule has 1 unspecified atom stereocenters. The standard InChI is InChI=1S/C21H19ClN2O3S/c1-13-23-12-19(28-13)21(27)24-18(11-20(25)26)9-14-5-7-15(8-6-14)16-3-2-4-17(22)10-16/h2-8,10,12,18H,9,11H2,1H3,(H,24,27)(H,25,26). The SMILES string of the molecule is Cc1ncc(C(=O)NC(CC(=O)O)Cc2ccc(-c3cccc(Cl)c3)cc2)s1. The van der Waals surface area contributed by atoms with Gasteiger partial charge in [0, 0.05) is 11.1 Å². The van der Waals surface area contributed by atoms with Crippen LogP contribution < -0.4 is 5.32 Å². The van der Waals surface area contributed by atoms with Gasteiger partial charge in [0.15, 0.2) is 0 Å². The van der Waals surface area contributed by atoms with E-state index in [4.69, 9.17) is 11.6 Å². The van der Waals surface area contributed by atoms with Crippen LogP contribution in [-0.4, -0.2) is 28.0 Å². The van der Waals surface area contributed by atoms with Gasteiger partial charge in [-0.1, -0.05) is 48.0 Å². The van der Waals surface area contributed by atoms with E-state index in [0.29, 0.717) is 16.3 Å². The van der Waals surface area contributed by atoms with Gasteiger partial charge in [-0.05, 0) is 42.2 Å². The first kappa shape index (κ1) is 20.0. The van der Waals surface area contributed by atoms with Crippen molar-refractivity contribution in [1.82, 2.24) is 10.3 Å². The van der Waals surface area contributed by atoms with Gasteiger partial charge in [-0.2, -0.15) is 0 Å². The molecule has 144 valence electrons. The molecule has 2 N–H and O–H groups in total. The molecule has 1 aromatic heterocycles. The fourth-order valence-corrected chi connectivity index (χ4v) is 3.76. The lowest BCUT2D eigenvalue weighted by Crippen LogP contribution is -2.37. The number of nitrogens with one attached hydrogen (secondary N) is 1. The summed E-state index contributed by atoms with van der Waals surface area (Å²) in [5, 5.41) is 13.5. The number of amides is 1. The zero-order valence-corrected chi connectivity index (χ0v) is 16.8. The monoisotopic (exact) mass is 414 g/mol. The summed E-state index contributed by atoms with van der Waals surface area (Å²) in [5.74, 6) is -1.26. The molecule has 0 aliphatic heterocycles. The van der Waals surface area contributed by atoms with Gasteiger partial charge in [0.25, 0.3) is 5.91 Å². The largest absolute Gasteiger partial charge is 0.481 e. The molecule has 1 heterocycles. The first-order chi connectivity index (χ1) is 13.4.